The van der Waals surface area contributed by atoms with Gasteiger partial charge in [-0.15, -0.1) is 0 Å². The molecule has 0 bridgehead atoms. The maximum Gasteiger partial charge on any atom is 0.0900 e. The SMILES string of the molecule is CC(C)c1n[nH]nc1C(C)CN. The topological polar surface area (TPSA) is 67.6 Å². The summed E-state index contributed by atoms with van der Waals surface area (Å²) in [6, 6.07) is 0. The van der Waals surface area contributed by atoms with E-state index < -0.39 is 0 Å². The van der Waals surface area contributed by atoms with E-state index in [1.165, 1.54) is 0 Å². The lowest BCUT2D eigenvalue weighted by atomic mass is 10.0. The summed E-state index contributed by atoms with van der Waals surface area (Å²) in [7, 11) is 0. The van der Waals surface area contributed by atoms with Gasteiger partial charge in [-0.05, 0) is 5.92 Å². The third-order valence-electron chi connectivity index (χ3n) is 1.97. The van der Waals surface area contributed by atoms with Crippen LogP contribution in [-0.4, -0.2) is 22.0 Å². The van der Waals surface area contributed by atoms with Crippen LogP contribution in [0.4, 0.5) is 0 Å². The Hall–Kier alpha value is -0.900. The van der Waals surface area contributed by atoms with Crippen molar-refractivity contribution in [3.63, 3.8) is 0 Å². The van der Waals surface area contributed by atoms with Crippen LogP contribution in [0.1, 0.15) is 44.0 Å². The van der Waals surface area contributed by atoms with Crippen LogP contribution < -0.4 is 5.73 Å². The summed E-state index contributed by atoms with van der Waals surface area (Å²) in [5, 5.41) is 10.8. The number of aromatic nitrogens is 3. The van der Waals surface area contributed by atoms with Gasteiger partial charge in [0, 0.05) is 12.5 Å². The normalized spacial score (nSPS) is 13.8. The van der Waals surface area contributed by atoms with E-state index in [0.29, 0.717) is 18.4 Å². The molecular weight excluding hydrogens is 152 g/mol. The van der Waals surface area contributed by atoms with Gasteiger partial charge in [-0.1, -0.05) is 20.8 Å². The van der Waals surface area contributed by atoms with E-state index in [2.05, 4.69) is 36.2 Å². The molecule has 1 aromatic rings. The molecule has 4 heteroatoms. The first-order valence-corrected chi connectivity index (χ1v) is 4.27. The molecule has 1 heterocycles. The summed E-state index contributed by atoms with van der Waals surface area (Å²) in [6.45, 7) is 6.88. The zero-order chi connectivity index (χ0) is 9.14. The Bertz CT molecular complexity index is 241. The van der Waals surface area contributed by atoms with Crippen molar-refractivity contribution in [2.75, 3.05) is 6.54 Å². The lowest BCUT2D eigenvalue weighted by molar-refractivity contribution is 0.713. The second-order valence-corrected chi connectivity index (χ2v) is 3.39. The predicted octanol–water partition coefficient (Wildman–Crippen LogP) is 0.990. The van der Waals surface area contributed by atoms with Gasteiger partial charge in [-0.3, -0.25) is 0 Å². The summed E-state index contributed by atoms with van der Waals surface area (Å²) in [5.74, 6) is 0.703. The van der Waals surface area contributed by atoms with Crippen LogP contribution >= 0.6 is 0 Å². The van der Waals surface area contributed by atoms with E-state index in [4.69, 9.17) is 5.73 Å². The molecule has 1 atom stereocenters. The highest BCUT2D eigenvalue weighted by atomic mass is 15.3. The number of nitrogens with zero attached hydrogens (tertiary/aromatic N) is 2. The van der Waals surface area contributed by atoms with Gasteiger partial charge in [0.25, 0.3) is 0 Å². The maximum atomic E-state index is 5.55. The molecule has 1 aromatic heterocycles. The molecule has 0 amide bonds. The second kappa shape index (κ2) is 3.67. The number of nitrogens with one attached hydrogen (secondary N) is 1. The van der Waals surface area contributed by atoms with Gasteiger partial charge in [0.2, 0.25) is 0 Å². The molecule has 1 unspecified atom stereocenters. The van der Waals surface area contributed by atoms with Crippen LogP contribution in [-0.2, 0) is 0 Å². The molecular formula is C8H16N4. The standard InChI is InChI=1S/C8H16N4/c1-5(2)7-8(6(3)4-9)11-12-10-7/h5-6H,4,9H2,1-3H3,(H,10,11,12). The number of hydrogen-bond donors (Lipinski definition) is 2. The van der Waals surface area contributed by atoms with Crippen molar-refractivity contribution in [3.8, 4) is 0 Å². The Kier molecular flexibility index (Phi) is 2.81. The van der Waals surface area contributed by atoms with Crippen molar-refractivity contribution in [1.82, 2.24) is 15.4 Å². The minimum absolute atomic E-state index is 0.293. The lowest BCUT2D eigenvalue weighted by Gasteiger charge is -2.08. The number of rotatable bonds is 3. The van der Waals surface area contributed by atoms with E-state index in [0.717, 1.165) is 11.4 Å². The Labute approximate surface area is 72.5 Å². The largest absolute Gasteiger partial charge is 0.330 e. The molecule has 4 nitrogen and oxygen atoms in total. The van der Waals surface area contributed by atoms with Gasteiger partial charge in [0.05, 0.1) is 11.4 Å². The highest BCUT2D eigenvalue weighted by molar-refractivity contribution is 5.16. The van der Waals surface area contributed by atoms with Crippen molar-refractivity contribution in [1.29, 1.82) is 0 Å². The fourth-order valence-corrected chi connectivity index (χ4v) is 1.15. The molecule has 0 radical (unpaired) electrons. The number of nitrogens with two attached hydrogens (primary N) is 1. The zero-order valence-electron chi connectivity index (χ0n) is 7.83. The van der Waals surface area contributed by atoms with Gasteiger partial charge < -0.3 is 5.73 Å². The monoisotopic (exact) mass is 168 g/mol. The minimum atomic E-state index is 0.293. The van der Waals surface area contributed by atoms with E-state index in [-0.39, 0.29) is 0 Å². The van der Waals surface area contributed by atoms with Crippen molar-refractivity contribution in [2.45, 2.75) is 32.6 Å². The van der Waals surface area contributed by atoms with Gasteiger partial charge >= 0.3 is 0 Å². The zero-order valence-corrected chi connectivity index (χ0v) is 7.83. The van der Waals surface area contributed by atoms with Crippen LogP contribution in [0, 0.1) is 0 Å². The molecule has 1 rings (SSSR count). The molecule has 0 aromatic carbocycles. The highest BCUT2D eigenvalue weighted by Gasteiger charge is 2.15. The van der Waals surface area contributed by atoms with Gasteiger partial charge in [0.1, 0.15) is 0 Å². The van der Waals surface area contributed by atoms with E-state index in [9.17, 15) is 0 Å². The molecule has 3 N–H and O–H groups in total. The van der Waals surface area contributed by atoms with Gasteiger partial charge in [-0.2, -0.15) is 15.4 Å². The average molecular weight is 168 g/mol. The summed E-state index contributed by atoms with van der Waals surface area (Å²) in [6.07, 6.45) is 0. The van der Waals surface area contributed by atoms with Crippen molar-refractivity contribution < 1.29 is 0 Å². The predicted molar refractivity (Wildman–Crippen MR) is 47.9 cm³/mol. The minimum Gasteiger partial charge on any atom is -0.330 e. The Balaban J connectivity index is 2.91. The molecule has 0 fully saturated rings. The smallest absolute Gasteiger partial charge is 0.0900 e. The Morgan fingerprint density at radius 3 is 2.33 bits per heavy atom. The molecule has 0 aliphatic heterocycles. The molecule has 0 saturated carbocycles. The van der Waals surface area contributed by atoms with Crippen LogP contribution in [0.15, 0.2) is 0 Å². The first-order chi connectivity index (χ1) is 5.66. The first-order valence-electron chi connectivity index (χ1n) is 4.27. The van der Waals surface area contributed by atoms with E-state index in [1.54, 1.807) is 0 Å². The molecule has 0 aliphatic carbocycles. The Morgan fingerprint density at radius 1 is 1.25 bits per heavy atom. The first kappa shape index (κ1) is 9.19. The fourth-order valence-electron chi connectivity index (χ4n) is 1.15. The Morgan fingerprint density at radius 2 is 1.83 bits per heavy atom. The third kappa shape index (κ3) is 1.64. The number of hydrogen-bond acceptors (Lipinski definition) is 3. The molecule has 0 aliphatic rings. The summed E-state index contributed by atoms with van der Waals surface area (Å²) >= 11 is 0. The average Bonchev–Trinajstić information content (AvgIpc) is 2.50. The third-order valence-corrected chi connectivity index (χ3v) is 1.97. The summed E-state index contributed by atoms with van der Waals surface area (Å²) in [4.78, 5) is 0. The van der Waals surface area contributed by atoms with Crippen LogP contribution in [0.3, 0.4) is 0 Å². The van der Waals surface area contributed by atoms with Crippen LogP contribution in [0.5, 0.6) is 0 Å². The molecule has 68 valence electrons. The van der Waals surface area contributed by atoms with Crippen LogP contribution in [0.2, 0.25) is 0 Å². The van der Waals surface area contributed by atoms with E-state index in [1.807, 2.05) is 0 Å². The molecule has 0 spiro atoms. The quantitative estimate of drug-likeness (QED) is 0.707. The van der Waals surface area contributed by atoms with Crippen molar-refractivity contribution in [3.05, 3.63) is 11.4 Å². The van der Waals surface area contributed by atoms with E-state index >= 15 is 0 Å². The van der Waals surface area contributed by atoms with Gasteiger partial charge in [0.15, 0.2) is 0 Å². The summed E-state index contributed by atoms with van der Waals surface area (Å²) in [5.41, 5.74) is 7.59. The highest BCUT2D eigenvalue weighted by Crippen LogP contribution is 2.20. The number of aromatic amines is 1. The second-order valence-electron chi connectivity index (χ2n) is 3.39. The van der Waals surface area contributed by atoms with Crippen LogP contribution in [0.25, 0.3) is 0 Å². The van der Waals surface area contributed by atoms with Crippen molar-refractivity contribution in [2.24, 2.45) is 5.73 Å². The molecule has 0 saturated heterocycles. The van der Waals surface area contributed by atoms with Crippen molar-refractivity contribution >= 4 is 0 Å². The summed E-state index contributed by atoms with van der Waals surface area (Å²) < 4.78 is 0. The lowest BCUT2D eigenvalue weighted by Crippen LogP contribution is -2.11. The maximum absolute atomic E-state index is 5.55. The van der Waals surface area contributed by atoms with Gasteiger partial charge in [-0.25, -0.2) is 0 Å². The number of H-pyrrole nitrogens is 1. The fraction of sp³-hybridized carbons (Fsp3) is 0.750. The molecule has 12 heavy (non-hydrogen) atoms.